The molecule has 4 aliphatic rings. The second-order valence-corrected chi connectivity index (χ2v) is 8.09. The van der Waals surface area contributed by atoms with Gasteiger partial charge in [0.2, 0.25) is 5.91 Å². The van der Waals surface area contributed by atoms with Crippen LogP contribution in [0, 0.1) is 11.8 Å². The molecule has 4 fully saturated rings. The van der Waals surface area contributed by atoms with Gasteiger partial charge in [-0.1, -0.05) is 24.6 Å². The van der Waals surface area contributed by atoms with Crippen molar-refractivity contribution in [3.05, 3.63) is 29.8 Å². The number of aliphatic hydroxyl groups is 1. The first-order valence-corrected chi connectivity index (χ1v) is 10.1. The molecule has 0 radical (unpaired) electrons. The van der Waals surface area contributed by atoms with E-state index >= 15 is 0 Å². The van der Waals surface area contributed by atoms with Gasteiger partial charge in [0.15, 0.2) is 0 Å². The van der Waals surface area contributed by atoms with E-state index in [0.717, 1.165) is 56.3 Å². The monoisotopic (exact) mass is 358 g/mol. The number of piperidine rings is 1. The lowest BCUT2D eigenvalue weighted by Crippen LogP contribution is -2.50. The summed E-state index contributed by atoms with van der Waals surface area (Å²) in [6.45, 7) is 3.93. The molecule has 1 aliphatic carbocycles. The van der Waals surface area contributed by atoms with E-state index in [2.05, 4.69) is 15.9 Å². The Morgan fingerprint density at radius 2 is 1.96 bits per heavy atom. The fourth-order valence-corrected chi connectivity index (χ4v) is 4.62. The summed E-state index contributed by atoms with van der Waals surface area (Å²) in [4.78, 5) is 17.6. The van der Waals surface area contributed by atoms with Gasteiger partial charge in [-0.2, -0.15) is 0 Å². The largest absolute Gasteiger partial charge is 0.491 e. The topological polar surface area (TPSA) is 53.0 Å². The zero-order valence-corrected chi connectivity index (χ0v) is 15.5. The van der Waals surface area contributed by atoms with E-state index in [1.54, 1.807) is 0 Å². The molecule has 0 spiro atoms. The minimum absolute atomic E-state index is 0.0207. The second kappa shape index (κ2) is 7.97. The Bertz CT molecular complexity index is 631. The van der Waals surface area contributed by atoms with Crippen LogP contribution < -0.4 is 4.74 Å². The summed E-state index contributed by atoms with van der Waals surface area (Å²) >= 11 is 0. The van der Waals surface area contributed by atoms with Crippen molar-refractivity contribution in [2.45, 2.75) is 44.7 Å². The average molecular weight is 358 g/mol. The van der Waals surface area contributed by atoms with Gasteiger partial charge in [0.1, 0.15) is 12.4 Å². The van der Waals surface area contributed by atoms with Gasteiger partial charge in [-0.05, 0) is 37.7 Å². The van der Waals surface area contributed by atoms with Crippen molar-refractivity contribution >= 4 is 5.91 Å². The number of carbonyl (C=O) groups excluding carboxylic acids is 1. The molecule has 2 atom stereocenters. The molecule has 3 aliphatic heterocycles. The van der Waals surface area contributed by atoms with Crippen LogP contribution in [0.2, 0.25) is 0 Å². The molecule has 5 rings (SSSR count). The molecule has 142 valence electrons. The van der Waals surface area contributed by atoms with E-state index in [9.17, 15) is 4.79 Å². The fraction of sp³-hybridized carbons (Fsp3) is 0.667. The van der Waals surface area contributed by atoms with Gasteiger partial charge in [-0.3, -0.25) is 9.69 Å². The van der Waals surface area contributed by atoms with E-state index in [4.69, 9.17) is 9.84 Å². The molecule has 1 amide bonds. The summed E-state index contributed by atoms with van der Waals surface area (Å²) < 4.78 is 5.69. The molecule has 3 saturated heterocycles. The molecule has 1 saturated carbocycles. The summed E-state index contributed by atoms with van der Waals surface area (Å²) in [5.74, 6) is 2.12. The molecule has 0 aromatic heterocycles. The van der Waals surface area contributed by atoms with Crippen molar-refractivity contribution in [1.29, 1.82) is 0 Å². The Morgan fingerprint density at radius 3 is 2.73 bits per heavy atom. The van der Waals surface area contributed by atoms with Crippen LogP contribution in [-0.4, -0.2) is 59.7 Å². The summed E-state index contributed by atoms with van der Waals surface area (Å²) in [5, 5.41) is 9.03. The zero-order valence-electron chi connectivity index (χ0n) is 15.5. The van der Waals surface area contributed by atoms with E-state index in [-0.39, 0.29) is 12.5 Å². The van der Waals surface area contributed by atoms with Crippen LogP contribution in [0.25, 0.3) is 0 Å². The second-order valence-electron chi connectivity index (χ2n) is 8.09. The smallest absolute Gasteiger partial charge is 0.227 e. The molecule has 5 heteroatoms. The molecular weight excluding hydrogens is 328 g/mol. The molecule has 1 N–H and O–H groups in total. The van der Waals surface area contributed by atoms with Crippen LogP contribution in [0.1, 0.15) is 37.7 Å². The summed E-state index contributed by atoms with van der Waals surface area (Å²) in [6, 6.07) is 8.42. The van der Waals surface area contributed by atoms with Crippen molar-refractivity contribution in [2.75, 3.05) is 32.8 Å². The quantitative estimate of drug-likeness (QED) is 0.812. The highest BCUT2D eigenvalue weighted by molar-refractivity contribution is 5.80. The Kier molecular flexibility index (Phi) is 5.46. The number of nitrogens with zero attached hydrogens (tertiary/aromatic N) is 2. The van der Waals surface area contributed by atoms with Gasteiger partial charge in [0.25, 0.3) is 0 Å². The maximum atomic E-state index is 12.9. The fourth-order valence-electron chi connectivity index (χ4n) is 4.62. The van der Waals surface area contributed by atoms with Gasteiger partial charge in [-0.15, -0.1) is 0 Å². The minimum Gasteiger partial charge on any atom is -0.491 e. The SMILES string of the molecule is O=C1[C@H]2CC[C@H](CN(Cc3ccccc3OCCO)C2)N1CC1CCC1. The molecule has 5 nitrogen and oxygen atoms in total. The Morgan fingerprint density at radius 1 is 1.12 bits per heavy atom. The predicted octanol–water partition coefficient (Wildman–Crippen LogP) is 2.28. The maximum absolute atomic E-state index is 12.9. The van der Waals surface area contributed by atoms with Crippen molar-refractivity contribution in [3.63, 3.8) is 0 Å². The lowest BCUT2D eigenvalue weighted by molar-refractivity contribution is -0.141. The summed E-state index contributed by atoms with van der Waals surface area (Å²) in [5.41, 5.74) is 1.14. The van der Waals surface area contributed by atoms with Crippen LogP contribution in [0.3, 0.4) is 0 Å². The van der Waals surface area contributed by atoms with Gasteiger partial charge in [0.05, 0.1) is 12.5 Å². The average Bonchev–Trinajstić information content (AvgIpc) is 2.88. The Hall–Kier alpha value is -1.59. The number of hydrogen-bond donors (Lipinski definition) is 1. The highest BCUT2D eigenvalue weighted by Gasteiger charge is 2.41. The molecule has 0 unspecified atom stereocenters. The Labute approximate surface area is 155 Å². The third-order valence-corrected chi connectivity index (χ3v) is 6.26. The van der Waals surface area contributed by atoms with Crippen LogP contribution in [0.5, 0.6) is 5.75 Å². The standard InChI is InChI=1S/C21H30N2O3/c24-10-11-26-20-7-2-1-6-17(20)13-22-14-18-8-9-19(15-22)23(21(18)25)12-16-4-3-5-16/h1-2,6-7,16,18-19,24H,3-5,8-15H2/t18-,19+/m0/s1. The number of hydrogen-bond acceptors (Lipinski definition) is 4. The van der Waals surface area contributed by atoms with Crippen LogP contribution in [0.4, 0.5) is 0 Å². The van der Waals surface area contributed by atoms with Crippen LogP contribution in [-0.2, 0) is 11.3 Å². The first-order chi connectivity index (χ1) is 12.7. The normalized spacial score (nSPS) is 26.7. The maximum Gasteiger partial charge on any atom is 0.227 e. The van der Waals surface area contributed by atoms with E-state index < -0.39 is 0 Å². The zero-order chi connectivity index (χ0) is 17.9. The molecule has 1 aromatic carbocycles. The van der Waals surface area contributed by atoms with E-state index in [1.807, 2.05) is 18.2 Å². The number of carbonyl (C=O) groups is 1. The highest BCUT2D eigenvalue weighted by atomic mass is 16.5. The van der Waals surface area contributed by atoms with Crippen LogP contribution in [0.15, 0.2) is 24.3 Å². The van der Waals surface area contributed by atoms with Gasteiger partial charge in [0, 0.05) is 37.8 Å². The number of fused-ring (bicyclic) bond motifs is 4. The van der Waals surface area contributed by atoms with Gasteiger partial charge >= 0.3 is 0 Å². The lowest BCUT2D eigenvalue weighted by Gasteiger charge is -2.40. The first kappa shape index (κ1) is 17.8. The van der Waals surface area contributed by atoms with Crippen molar-refractivity contribution in [3.8, 4) is 5.75 Å². The van der Waals surface area contributed by atoms with Gasteiger partial charge in [-0.25, -0.2) is 0 Å². The number of para-hydroxylation sites is 1. The van der Waals surface area contributed by atoms with Crippen molar-refractivity contribution < 1.29 is 14.6 Å². The van der Waals surface area contributed by atoms with E-state index in [0.29, 0.717) is 18.6 Å². The number of aliphatic hydroxyl groups excluding tert-OH is 1. The summed E-state index contributed by atoms with van der Waals surface area (Å²) in [6.07, 6.45) is 6.09. The number of benzene rings is 1. The molecule has 3 heterocycles. The predicted molar refractivity (Wildman–Crippen MR) is 99.9 cm³/mol. The molecule has 2 bridgehead atoms. The third kappa shape index (κ3) is 3.74. The molecule has 26 heavy (non-hydrogen) atoms. The van der Waals surface area contributed by atoms with Crippen molar-refractivity contribution in [1.82, 2.24) is 9.80 Å². The van der Waals surface area contributed by atoms with Crippen LogP contribution >= 0.6 is 0 Å². The lowest BCUT2D eigenvalue weighted by atomic mass is 9.83. The highest BCUT2D eigenvalue weighted by Crippen LogP contribution is 2.34. The number of rotatable bonds is 7. The number of amides is 1. The summed E-state index contributed by atoms with van der Waals surface area (Å²) in [7, 11) is 0. The molecule has 1 aromatic rings. The Balaban J connectivity index is 1.45. The third-order valence-electron chi connectivity index (χ3n) is 6.26. The molecular formula is C21H30N2O3. The van der Waals surface area contributed by atoms with Gasteiger partial charge < -0.3 is 14.7 Å². The number of ether oxygens (including phenoxy) is 1. The minimum atomic E-state index is 0.0207. The van der Waals surface area contributed by atoms with E-state index in [1.165, 1.54) is 19.3 Å². The van der Waals surface area contributed by atoms with Crippen molar-refractivity contribution in [2.24, 2.45) is 11.8 Å². The first-order valence-electron chi connectivity index (χ1n) is 10.1.